The fourth-order valence-electron chi connectivity index (χ4n) is 4.16. The highest BCUT2D eigenvalue weighted by molar-refractivity contribution is 5.38. The quantitative estimate of drug-likeness (QED) is 0.906. The third-order valence-corrected chi connectivity index (χ3v) is 5.34. The standard InChI is InChI=1S/C19H31NO/c1-13-7-6-8-19(12-13,21-5)18(20)11-17-15(3)9-14(2)10-16(17)4/h9-10,13,18H,6-8,11-12,20H2,1-5H3. The van der Waals surface area contributed by atoms with E-state index in [1.807, 2.05) is 7.11 Å². The molecule has 1 saturated carbocycles. The molecule has 0 amide bonds. The number of rotatable bonds is 4. The predicted molar refractivity (Wildman–Crippen MR) is 89.7 cm³/mol. The molecule has 2 rings (SSSR count). The summed E-state index contributed by atoms with van der Waals surface area (Å²) in [6.45, 7) is 8.88. The summed E-state index contributed by atoms with van der Waals surface area (Å²) in [4.78, 5) is 0. The zero-order valence-corrected chi connectivity index (χ0v) is 14.3. The van der Waals surface area contributed by atoms with E-state index in [1.165, 1.54) is 35.1 Å². The van der Waals surface area contributed by atoms with Gasteiger partial charge in [0.1, 0.15) is 0 Å². The maximum atomic E-state index is 6.64. The highest BCUT2D eigenvalue weighted by Gasteiger charge is 2.40. The van der Waals surface area contributed by atoms with Crippen molar-refractivity contribution in [3.05, 3.63) is 34.4 Å². The Bertz CT molecular complexity index is 473. The normalized spacial score (nSPS) is 27.6. The second-order valence-electron chi connectivity index (χ2n) is 7.16. The molecule has 1 fully saturated rings. The molecule has 2 nitrogen and oxygen atoms in total. The molecule has 1 aromatic rings. The van der Waals surface area contributed by atoms with Crippen LogP contribution in [0.5, 0.6) is 0 Å². The van der Waals surface area contributed by atoms with Gasteiger partial charge in [0, 0.05) is 13.2 Å². The fraction of sp³-hybridized carbons (Fsp3) is 0.684. The lowest BCUT2D eigenvalue weighted by atomic mass is 9.73. The number of ether oxygens (including phenoxy) is 1. The third kappa shape index (κ3) is 3.49. The largest absolute Gasteiger partial charge is 0.377 e. The van der Waals surface area contributed by atoms with Crippen molar-refractivity contribution in [1.29, 1.82) is 0 Å². The Hall–Kier alpha value is -0.860. The highest BCUT2D eigenvalue weighted by Crippen LogP contribution is 2.38. The smallest absolute Gasteiger partial charge is 0.0834 e. The second kappa shape index (κ2) is 6.50. The number of hydrogen-bond acceptors (Lipinski definition) is 2. The first kappa shape index (κ1) is 16.5. The Balaban J connectivity index is 2.22. The molecule has 2 N–H and O–H groups in total. The van der Waals surface area contributed by atoms with Gasteiger partial charge >= 0.3 is 0 Å². The molecule has 3 unspecified atom stereocenters. The van der Waals surface area contributed by atoms with Gasteiger partial charge in [0.15, 0.2) is 0 Å². The van der Waals surface area contributed by atoms with E-state index >= 15 is 0 Å². The van der Waals surface area contributed by atoms with Crippen LogP contribution in [0.1, 0.15) is 54.9 Å². The van der Waals surface area contributed by atoms with Crippen LogP contribution in [0, 0.1) is 26.7 Å². The molecular weight excluding hydrogens is 258 g/mol. The van der Waals surface area contributed by atoms with E-state index in [0.29, 0.717) is 5.92 Å². The van der Waals surface area contributed by atoms with Crippen LogP contribution in [-0.2, 0) is 11.2 Å². The first-order valence-electron chi connectivity index (χ1n) is 8.25. The minimum atomic E-state index is -0.137. The molecule has 1 aromatic carbocycles. The fourth-order valence-corrected chi connectivity index (χ4v) is 4.16. The summed E-state index contributed by atoms with van der Waals surface area (Å²) in [5.41, 5.74) is 12.0. The van der Waals surface area contributed by atoms with E-state index in [1.54, 1.807) is 0 Å². The Labute approximate surface area is 130 Å². The monoisotopic (exact) mass is 289 g/mol. The number of methoxy groups -OCH3 is 1. The molecule has 21 heavy (non-hydrogen) atoms. The van der Waals surface area contributed by atoms with Crippen molar-refractivity contribution in [2.45, 2.75) is 71.4 Å². The molecule has 0 heterocycles. The summed E-state index contributed by atoms with van der Waals surface area (Å²) >= 11 is 0. The van der Waals surface area contributed by atoms with E-state index in [2.05, 4.69) is 39.8 Å². The van der Waals surface area contributed by atoms with E-state index < -0.39 is 0 Å². The van der Waals surface area contributed by atoms with E-state index in [-0.39, 0.29) is 11.6 Å². The summed E-state index contributed by atoms with van der Waals surface area (Å²) in [6, 6.07) is 4.60. The van der Waals surface area contributed by atoms with Gasteiger partial charge in [-0.05, 0) is 62.6 Å². The number of hydrogen-bond donors (Lipinski definition) is 1. The molecule has 2 heteroatoms. The topological polar surface area (TPSA) is 35.2 Å². The SMILES string of the molecule is COC1(C(N)Cc2c(C)cc(C)cc2C)CCCC(C)C1. The van der Waals surface area contributed by atoms with E-state index in [9.17, 15) is 0 Å². The Morgan fingerprint density at radius 2 is 1.90 bits per heavy atom. The molecule has 0 aliphatic heterocycles. The summed E-state index contributed by atoms with van der Waals surface area (Å²) < 4.78 is 5.96. The van der Waals surface area contributed by atoms with Crippen LogP contribution in [0.2, 0.25) is 0 Å². The molecule has 1 aliphatic carbocycles. The average Bonchev–Trinajstić information content (AvgIpc) is 2.42. The van der Waals surface area contributed by atoms with Crippen molar-refractivity contribution < 1.29 is 4.74 Å². The number of benzene rings is 1. The van der Waals surface area contributed by atoms with Crippen LogP contribution >= 0.6 is 0 Å². The molecule has 0 saturated heterocycles. The summed E-state index contributed by atoms with van der Waals surface area (Å²) in [7, 11) is 1.84. The molecule has 3 atom stereocenters. The lowest BCUT2D eigenvalue weighted by Gasteiger charge is -2.43. The maximum Gasteiger partial charge on any atom is 0.0834 e. The van der Waals surface area contributed by atoms with Gasteiger partial charge in [-0.3, -0.25) is 0 Å². The number of aryl methyl sites for hydroxylation is 3. The third-order valence-electron chi connectivity index (χ3n) is 5.34. The van der Waals surface area contributed by atoms with Crippen molar-refractivity contribution in [3.8, 4) is 0 Å². The summed E-state index contributed by atoms with van der Waals surface area (Å²) in [5.74, 6) is 0.713. The Morgan fingerprint density at radius 1 is 1.29 bits per heavy atom. The van der Waals surface area contributed by atoms with Crippen LogP contribution in [0.25, 0.3) is 0 Å². The Morgan fingerprint density at radius 3 is 2.43 bits per heavy atom. The second-order valence-corrected chi connectivity index (χ2v) is 7.16. The first-order valence-corrected chi connectivity index (χ1v) is 8.25. The van der Waals surface area contributed by atoms with E-state index in [4.69, 9.17) is 10.5 Å². The molecule has 0 radical (unpaired) electrons. The maximum absolute atomic E-state index is 6.64. The van der Waals surface area contributed by atoms with Gasteiger partial charge in [0.05, 0.1) is 5.60 Å². The van der Waals surface area contributed by atoms with Gasteiger partial charge in [0.25, 0.3) is 0 Å². The van der Waals surface area contributed by atoms with Crippen LogP contribution in [0.4, 0.5) is 0 Å². The predicted octanol–water partition coefficient (Wildman–Crippen LogP) is 4.08. The zero-order chi connectivity index (χ0) is 15.6. The lowest BCUT2D eigenvalue weighted by Crippen LogP contribution is -2.53. The van der Waals surface area contributed by atoms with Crippen LogP contribution in [0.15, 0.2) is 12.1 Å². The van der Waals surface area contributed by atoms with Gasteiger partial charge in [-0.2, -0.15) is 0 Å². The van der Waals surface area contributed by atoms with Crippen LogP contribution in [-0.4, -0.2) is 18.8 Å². The molecule has 1 aliphatic rings. The van der Waals surface area contributed by atoms with Crippen molar-refractivity contribution >= 4 is 0 Å². The highest BCUT2D eigenvalue weighted by atomic mass is 16.5. The van der Waals surface area contributed by atoms with Gasteiger partial charge in [0.2, 0.25) is 0 Å². The van der Waals surface area contributed by atoms with Gasteiger partial charge in [-0.15, -0.1) is 0 Å². The Kier molecular flexibility index (Phi) is 5.11. The van der Waals surface area contributed by atoms with Gasteiger partial charge in [-0.25, -0.2) is 0 Å². The van der Waals surface area contributed by atoms with Crippen LogP contribution in [0.3, 0.4) is 0 Å². The molecule has 0 spiro atoms. The van der Waals surface area contributed by atoms with Crippen molar-refractivity contribution in [3.63, 3.8) is 0 Å². The van der Waals surface area contributed by atoms with E-state index in [0.717, 1.165) is 19.3 Å². The molecule has 0 bridgehead atoms. The van der Waals surface area contributed by atoms with Crippen molar-refractivity contribution in [2.75, 3.05) is 7.11 Å². The zero-order valence-electron chi connectivity index (χ0n) is 14.3. The van der Waals surface area contributed by atoms with Crippen molar-refractivity contribution in [2.24, 2.45) is 11.7 Å². The minimum absolute atomic E-state index is 0.0744. The average molecular weight is 289 g/mol. The molecular formula is C19H31NO. The summed E-state index contributed by atoms with van der Waals surface area (Å²) in [6.07, 6.45) is 5.64. The summed E-state index contributed by atoms with van der Waals surface area (Å²) in [5, 5.41) is 0. The van der Waals surface area contributed by atoms with Crippen molar-refractivity contribution in [1.82, 2.24) is 0 Å². The first-order chi connectivity index (χ1) is 9.88. The van der Waals surface area contributed by atoms with Gasteiger partial charge < -0.3 is 10.5 Å². The molecule has 118 valence electrons. The lowest BCUT2D eigenvalue weighted by molar-refractivity contribution is -0.0705. The number of nitrogens with two attached hydrogens (primary N) is 1. The molecule has 0 aromatic heterocycles. The van der Waals surface area contributed by atoms with Crippen LogP contribution < -0.4 is 5.73 Å². The van der Waals surface area contributed by atoms with Gasteiger partial charge in [-0.1, -0.05) is 37.5 Å². The minimum Gasteiger partial charge on any atom is -0.377 e.